The second kappa shape index (κ2) is 14.6. The molecule has 0 atom stereocenters. The number of fused-ring (bicyclic) bond motifs is 2. The van der Waals surface area contributed by atoms with Crippen molar-refractivity contribution in [3.63, 3.8) is 0 Å². The highest BCUT2D eigenvalue weighted by Crippen LogP contribution is 2.18. The maximum Gasteiger partial charge on any atom is 0.357 e. The van der Waals surface area contributed by atoms with Gasteiger partial charge in [0.15, 0.2) is 11.4 Å². The molecule has 0 radical (unpaired) electrons. The summed E-state index contributed by atoms with van der Waals surface area (Å²) in [6, 6.07) is 3.08. The van der Waals surface area contributed by atoms with Gasteiger partial charge >= 0.3 is 11.9 Å². The summed E-state index contributed by atoms with van der Waals surface area (Å²) >= 11 is 3.47. The molecular formula is C21H31NO5S2. The molecule has 2 bridgehead atoms. The highest BCUT2D eigenvalue weighted by molar-refractivity contribution is 8.02. The second-order valence-electron chi connectivity index (χ2n) is 6.69. The van der Waals surface area contributed by atoms with Crippen molar-refractivity contribution in [1.82, 2.24) is 4.98 Å². The smallest absolute Gasteiger partial charge is 0.357 e. The van der Waals surface area contributed by atoms with Crippen molar-refractivity contribution in [1.29, 1.82) is 0 Å². The number of pyridine rings is 1. The molecule has 2 heterocycles. The SMILES string of the molecule is CCCCCCCCOc1cc2nc(c1)C(=O)OCCSCCSCCOC2=O. The first-order valence-corrected chi connectivity index (χ1v) is 12.7. The van der Waals surface area contributed by atoms with Gasteiger partial charge < -0.3 is 14.2 Å². The third-order valence-electron chi connectivity index (χ3n) is 4.28. The van der Waals surface area contributed by atoms with Crippen LogP contribution in [0.4, 0.5) is 0 Å². The van der Waals surface area contributed by atoms with E-state index >= 15 is 0 Å². The van der Waals surface area contributed by atoms with Crippen molar-refractivity contribution in [2.45, 2.75) is 45.4 Å². The van der Waals surface area contributed by atoms with Gasteiger partial charge in [-0.3, -0.25) is 0 Å². The third kappa shape index (κ3) is 9.76. The van der Waals surface area contributed by atoms with Gasteiger partial charge in [-0.15, -0.1) is 0 Å². The number of aromatic nitrogens is 1. The van der Waals surface area contributed by atoms with E-state index in [0.717, 1.165) is 35.9 Å². The molecule has 29 heavy (non-hydrogen) atoms. The molecule has 0 unspecified atom stereocenters. The Hall–Kier alpha value is -1.41. The number of hydrogen-bond donors (Lipinski definition) is 0. The lowest BCUT2D eigenvalue weighted by molar-refractivity contribution is 0.0514. The number of rotatable bonds is 8. The van der Waals surface area contributed by atoms with E-state index in [0.29, 0.717) is 25.6 Å². The maximum absolute atomic E-state index is 12.3. The molecule has 0 saturated heterocycles. The molecule has 2 rings (SSSR count). The van der Waals surface area contributed by atoms with Gasteiger partial charge in [-0.05, 0) is 6.42 Å². The van der Waals surface area contributed by atoms with Gasteiger partial charge in [0.2, 0.25) is 0 Å². The Morgan fingerprint density at radius 1 is 0.862 bits per heavy atom. The number of carbonyl (C=O) groups is 2. The van der Waals surface area contributed by atoms with E-state index in [-0.39, 0.29) is 11.4 Å². The number of nitrogens with zero attached hydrogens (tertiary/aromatic N) is 1. The van der Waals surface area contributed by atoms with E-state index in [1.165, 1.54) is 37.8 Å². The topological polar surface area (TPSA) is 74.7 Å². The Balaban J connectivity index is 1.99. The predicted molar refractivity (Wildman–Crippen MR) is 118 cm³/mol. The number of thioether (sulfide) groups is 2. The van der Waals surface area contributed by atoms with E-state index in [1.54, 1.807) is 23.5 Å². The summed E-state index contributed by atoms with van der Waals surface area (Å²) in [6.45, 7) is 3.37. The van der Waals surface area contributed by atoms with Crippen LogP contribution in [0.1, 0.15) is 66.4 Å². The average Bonchev–Trinajstić information content (AvgIpc) is 2.73. The van der Waals surface area contributed by atoms with Crippen LogP contribution in [0.2, 0.25) is 0 Å². The van der Waals surface area contributed by atoms with Crippen molar-refractivity contribution in [3.05, 3.63) is 23.5 Å². The van der Waals surface area contributed by atoms with E-state index in [4.69, 9.17) is 14.2 Å². The van der Waals surface area contributed by atoms with Crippen molar-refractivity contribution in [2.75, 3.05) is 42.8 Å². The van der Waals surface area contributed by atoms with Gasteiger partial charge in [-0.2, -0.15) is 23.5 Å². The number of ether oxygens (including phenoxy) is 3. The summed E-state index contributed by atoms with van der Waals surface area (Å²) in [4.78, 5) is 28.8. The summed E-state index contributed by atoms with van der Waals surface area (Å²) in [5.74, 6) is 2.77. The minimum atomic E-state index is -0.547. The van der Waals surface area contributed by atoms with Crippen LogP contribution in [0.25, 0.3) is 0 Å². The predicted octanol–water partition coefficient (Wildman–Crippen LogP) is 4.61. The molecule has 0 fully saturated rings. The molecule has 0 aromatic carbocycles. The molecule has 0 spiro atoms. The third-order valence-corrected chi connectivity index (χ3v) is 6.43. The normalized spacial score (nSPS) is 16.3. The number of hydrogen-bond acceptors (Lipinski definition) is 8. The van der Waals surface area contributed by atoms with Crippen LogP contribution in [-0.4, -0.2) is 59.8 Å². The van der Waals surface area contributed by atoms with Gasteiger partial charge in [-0.25, -0.2) is 14.6 Å². The highest BCUT2D eigenvalue weighted by Gasteiger charge is 2.18. The Morgan fingerprint density at radius 2 is 1.41 bits per heavy atom. The molecule has 6 nitrogen and oxygen atoms in total. The fourth-order valence-corrected chi connectivity index (χ4v) is 4.48. The molecule has 0 amide bonds. The standard InChI is InChI=1S/C21H31NO5S2/c1-2-3-4-5-6-7-8-25-17-15-18-20(23)26-9-11-28-13-14-29-12-10-27-21(24)19(16-17)22-18/h15-16H,2-14H2,1H3. The molecule has 8 heteroatoms. The van der Waals surface area contributed by atoms with Crippen molar-refractivity contribution >= 4 is 35.5 Å². The first-order valence-electron chi connectivity index (χ1n) is 10.4. The van der Waals surface area contributed by atoms with E-state index in [1.807, 2.05) is 0 Å². The summed E-state index contributed by atoms with van der Waals surface area (Å²) in [7, 11) is 0. The van der Waals surface area contributed by atoms with Gasteiger partial charge in [0.1, 0.15) is 19.0 Å². The molecule has 1 aromatic heterocycles. The molecule has 0 saturated carbocycles. The summed E-state index contributed by atoms with van der Waals surface area (Å²) in [5.41, 5.74) is 0.151. The summed E-state index contributed by atoms with van der Waals surface area (Å²) < 4.78 is 16.4. The average molecular weight is 442 g/mol. The van der Waals surface area contributed by atoms with Gasteiger partial charge in [-0.1, -0.05) is 39.0 Å². The first-order chi connectivity index (χ1) is 14.2. The summed E-state index contributed by atoms with van der Waals surface area (Å²) in [5, 5.41) is 0. The van der Waals surface area contributed by atoms with Crippen molar-refractivity contribution < 1.29 is 23.8 Å². The lowest BCUT2D eigenvalue weighted by Crippen LogP contribution is -2.15. The first kappa shape index (κ1) is 23.9. The zero-order valence-corrected chi connectivity index (χ0v) is 18.8. The fourth-order valence-electron chi connectivity index (χ4n) is 2.73. The van der Waals surface area contributed by atoms with E-state index in [2.05, 4.69) is 11.9 Å². The van der Waals surface area contributed by atoms with Gasteiger partial charge in [0.25, 0.3) is 0 Å². The zero-order valence-electron chi connectivity index (χ0n) is 17.2. The maximum atomic E-state index is 12.3. The highest BCUT2D eigenvalue weighted by atomic mass is 32.2. The zero-order chi connectivity index (χ0) is 20.7. The molecule has 0 aliphatic carbocycles. The molecular weight excluding hydrogens is 410 g/mol. The Labute approximate surface area is 181 Å². The van der Waals surface area contributed by atoms with E-state index in [9.17, 15) is 9.59 Å². The quantitative estimate of drug-likeness (QED) is 0.427. The molecule has 1 aliphatic heterocycles. The molecule has 1 aromatic rings. The Bertz CT molecular complexity index is 599. The second-order valence-corrected chi connectivity index (χ2v) is 9.14. The Morgan fingerprint density at radius 3 is 2.00 bits per heavy atom. The molecule has 1 aliphatic rings. The largest absolute Gasteiger partial charge is 0.493 e. The monoisotopic (exact) mass is 441 g/mol. The van der Waals surface area contributed by atoms with Crippen LogP contribution in [0.5, 0.6) is 5.75 Å². The fraction of sp³-hybridized carbons (Fsp3) is 0.667. The van der Waals surface area contributed by atoms with Crippen LogP contribution in [0.15, 0.2) is 12.1 Å². The van der Waals surface area contributed by atoms with Crippen LogP contribution < -0.4 is 4.74 Å². The van der Waals surface area contributed by atoms with Crippen molar-refractivity contribution in [2.24, 2.45) is 0 Å². The van der Waals surface area contributed by atoms with E-state index < -0.39 is 11.9 Å². The number of unbranched alkanes of at least 4 members (excludes halogenated alkanes) is 5. The lowest BCUT2D eigenvalue weighted by atomic mass is 10.1. The van der Waals surface area contributed by atoms with Gasteiger partial charge in [0, 0.05) is 35.1 Å². The lowest BCUT2D eigenvalue weighted by Gasteiger charge is -2.10. The minimum absolute atomic E-state index is 0.0756. The number of carbonyl (C=O) groups excluding carboxylic acids is 2. The number of esters is 2. The van der Waals surface area contributed by atoms with Crippen LogP contribution in [0.3, 0.4) is 0 Å². The van der Waals surface area contributed by atoms with Crippen LogP contribution in [0, 0.1) is 0 Å². The van der Waals surface area contributed by atoms with Crippen LogP contribution >= 0.6 is 23.5 Å². The van der Waals surface area contributed by atoms with Crippen molar-refractivity contribution in [3.8, 4) is 5.75 Å². The molecule has 0 N–H and O–H groups in total. The van der Waals surface area contributed by atoms with Gasteiger partial charge in [0.05, 0.1) is 6.61 Å². The summed E-state index contributed by atoms with van der Waals surface area (Å²) in [6.07, 6.45) is 6.96. The number of cyclic esters (lactones) is 2. The molecule has 162 valence electrons. The van der Waals surface area contributed by atoms with Crippen LogP contribution in [-0.2, 0) is 9.47 Å². The Kier molecular flexibility index (Phi) is 12.0. The minimum Gasteiger partial charge on any atom is -0.493 e.